The number of rotatable bonds is 7. The highest BCUT2D eigenvalue weighted by Gasteiger charge is 2.34. The molecule has 0 aromatic carbocycles. The second-order valence-corrected chi connectivity index (χ2v) is 4.77. The maximum Gasteiger partial charge on any atom is 0.433 e. The lowest BCUT2D eigenvalue weighted by Gasteiger charge is -2.26. The Kier molecular flexibility index (Phi) is 6.19. The summed E-state index contributed by atoms with van der Waals surface area (Å²) in [6.07, 6.45) is -3.74. The fourth-order valence-electron chi connectivity index (χ4n) is 1.66. The lowest BCUT2D eigenvalue weighted by molar-refractivity contribution is -0.141. The van der Waals surface area contributed by atoms with Crippen LogP contribution in [0.2, 0.25) is 0 Å². The van der Waals surface area contributed by atoms with E-state index in [0.29, 0.717) is 13.2 Å². The molecule has 1 atom stereocenters. The maximum atomic E-state index is 12.9. The summed E-state index contributed by atoms with van der Waals surface area (Å²) in [7, 11) is 3.22. The van der Waals surface area contributed by atoms with Crippen LogP contribution in [0.25, 0.3) is 0 Å². The van der Waals surface area contributed by atoms with Crippen LogP contribution in [-0.4, -0.2) is 43.3 Å². The Bertz CT molecular complexity index is 454. The first-order valence-electron chi connectivity index (χ1n) is 6.71. The molecule has 0 aliphatic carbocycles. The molecule has 1 N–H and O–H groups in total. The Hall–Kier alpha value is -1.57. The highest BCUT2D eigenvalue weighted by atomic mass is 19.4. The van der Waals surface area contributed by atoms with Crippen LogP contribution in [0.1, 0.15) is 26.0 Å². The van der Waals surface area contributed by atoms with Gasteiger partial charge in [0.15, 0.2) is 5.69 Å². The van der Waals surface area contributed by atoms with Crippen molar-refractivity contribution in [2.75, 3.05) is 37.5 Å². The van der Waals surface area contributed by atoms with Gasteiger partial charge in [-0.15, -0.1) is 0 Å². The minimum absolute atomic E-state index is 0.0156. The van der Waals surface area contributed by atoms with Gasteiger partial charge in [-0.05, 0) is 13.3 Å². The molecule has 0 radical (unpaired) electrons. The Labute approximate surface area is 122 Å². The molecule has 0 saturated carbocycles. The summed E-state index contributed by atoms with van der Waals surface area (Å²) in [5.41, 5.74) is -0.956. The number of hydrogen-bond acceptors (Lipinski definition) is 5. The number of likely N-dealkylation sites (N-methyl/N-ethyl adjacent to an activating group) is 1. The van der Waals surface area contributed by atoms with Gasteiger partial charge < -0.3 is 15.0 Å². The first-order valence-corrected chi connectivity index (χ1v) is 6.71. The van der Waals surface area contributed by atoms with Crippen molar-refractivity contribution in [1.29, 1.82) is 0 Å². The highest BCUT2D eigenvalue weighted by Crippen LogP contribution is 2.30. The molecule has 120 valence electrons. The summed E-state index contributed by atoms with van der Waals surface area (Å²) < 4.78 is 43.8. The van der Waals surface area contributed by atoms with Gasteiger partial charge in [-0.2, -0.15) is 18.2 Å². The van der Waals surface area contributed by atoms with E-state index in [-0.39, 0.29) is 17.8 Å². The van der Waals surface area contributed by atoms with E-state index in [1.165, 1.54) is 0 Å². The van der Waals surface area contributed by atoms with Crippen LogP contribution in [0.15, 0.2) is 6.07 Å². The number of methoxy groups -OCH3 is 1. The summed E-state index contributed by atoms with van der Waals surface area (Å²) >= 11 is 0. The number of nitrogens with one attached hydrogen (secondary N) is 1. The smallest absolute Gasteiger partial charge is 0.383 e. The van der Waals surface area contributed by atoms with Crippen LogP contribution >= 0.6 is 0 Å². The number of hydrogen-bond donors (Lipinski definition) is 1. The quantitative estimate of drug-likeness (QED) is 0.839. The van der Waals surface area contributed by atoms with E-state index < -0.39 is 11.9 Å². The molecule has 0 amide bonds. The first-order chi connectivity index (χ1) is 9.79. The number of nitrogens with zero attached hydrogens (tertiary/aromatic N) is 3. The van der Waals surface area contributed by atoms with E-state index in [0.717, 1.165) is 12.5 Å². The van der Waals surface area contributed by atoms with E-state index >= 15 is 0 Å². The van der Waals surface area contributed by atoms with Crippen LogP contribution in [0.5, 0.6) is 0 Å². The summed E-state index contributed by atoms with van der Waals surface area (Å²) in [5.74, 6) is 0.193. The Morgan fingerprint density at radius 2 is 2.05 bits per heavy atom. The average molecular weight is 306 g/mol. The topological polar surface area (TPSA) is 50.3 Å². The molecular weight excluding hydrogens is 285 g/mol. The lowest BCUT2D eigenvalue weighted by Crippen LogP contribution is -2.33. The summed E-state index contributed by atoms with van der Waals surface area (Å²) in [5, 5.41) is 2.79. The summed E-state index contributed by atoms with van der Waals surface area (Å²) in [6, 6.07) is 0.841. The van der Waals surface area contributed by atoms with E-state index in [1.54, 1.807) is 19.1 Å². The van der Waals surface area contributed by atoms with E-state index in [1.807, 2.05) is 13.8 Å². The molecule has 0 saturated heterocycles. The normalized spacial score (nSPS) is 13.1. The molecule has 0 bridgehead atoms. The standard InChI is InChI=1S/C13H21F3N4O/c1-5-6-17-12-18-10(13(14,15)16)7-11(19-12)20(3)9(2)8-21-4/h7,9H,5-6,8H2,1-4H3,(H,17,18,19). The van der Waals surface area contributed by atoms with Crippen molar-refractivity contribution in [2.24, 2.45) is 0 Å². The largest absolute Gasteiger partial charge is 0.433 e. The minimum Gasteiger partial charge on any atom is -0.383 e. The second-order valence-electron chi connectivity index (χ2n) is 4.77. The molecule has 1 aromatic rings. The van der Waals surface area contributed by atoms with Crippen molar-refractivity contribution in [1.82, 2.24) is 9.97 Å². The van der Waals surface area contributed by atoms with Crippen LogP contribution in [0.4, 0.5) is 24.9 Å². The van der Waals surface area contributed by atoms with Gasteiger partial charge in [0.2, 0.25) is 5.95 Å². The Morgan fingerprint density at radius 1 is 1.38 bits per heavy atom. The molecule has 0 spiro atoms. The fraction of sp³-hybridized carbons (Fsp3) is 0.692. The van der Waals surface area contributed by atoms with Crippen LogP contribution in [0.3, 0.4) is 0 Å². The van der Waals surface area contributed by atoms with Gasteiger partial charge in [-0.25, -0.2) is 4.98 Å². The monoisotopic (exact) mass is 306 g/mol. The van der Waals surface area contributed by atoms with Gasteiger partial charge in [0.05, 0.1) is 12.6 Å². The molecule has 0 aliphatic heterocycles. The van der Waals surface area contributed by atoms with Crippen molar-refractivity contribution in [3.63, 3.8) is 0 Å². The van der Waals surface area contributed by atoms with Crippen LogP contribution in [-0.2, 0) is 10.9 Å². The summed E-state index contributed by atoms with van der Waals surface area (Å²) in [6.45, 7) is 4.66. The van der Waals surface area contributed by atoms with Gasteiger partial charge in [0, 0.05) is 26.8 Å². The van der Waals surface area contributed by atoms with Crippen molar-refractivity contribution >= 4 is 11.8 Å². The minimum atomic E-state index is -4.51. The van der Waals surface area contributed by atoms with Gasteiger partial charge in [-0.3, -0.25) is 0 Å². The average Bonchev–Trinajstić information content (AvgIpc) is 2.43. The van der Waals surface area contributed by atoms with Gasteiger partial charge >= 0.3 is 6.18 Å². The van der Waals surface area contributed by atoms with E-state index in [2.05, 4.69) is 15.3 Å². The van der Waals surface area contributed by atoms with Crippen molar-refractivity contribution < 1.29 is 17.9 Å². The van der Waals surface area contributed by atoms with Gasteiger partial charge in [0.1, 0.15) is 5.82 Å². The molecule has 8 heteroatoms. The molecule has 0 aliphatic rings. The summed E-state index contributed by atoms with van der Waals surface area (Å²) in [4.78, 5) is 9.30. The molecule has 1 heterocycles. The third kappa shape index (κ3) is 5.04. The maximum absolute atomic E-state index is 12.9. The molecule has 1 rings (SSSR count). The Balaban J connectivity index is 3.11. The number of halogens is 3. The zero-order valence-electron chi connectivity index (χ0n) is 12.7. The zero-order chi connectivity index (χ0) is 16.0. The van der Waals surface area contributed by atoms with E-state index in [9.17, 15) is 13.2 Å². The number of ether oxygens (including phenoxy) is 1. The van der Waals surface area contributed by atoms with Crippen molar-refractivity contribution in [2.45, 2.75) is 32.5 Å². The predicted octanol–water partition coefficient (Wildman–Crippen LogP) is 2.79. The fourth-order valence-corrected chi connectivity index (χ4v) is 1.66. The number of aromatic nitrogens is 2. The highest BCUT2D eigenvalue weighted by molar-refractivity contribution is 5.45. The lowest BCUT2D eigenvalue weighted by atomic mass is 10.3. The van der Waals surface area contributed by atoms with E-state index in [4.69, 9.17) is 4.74 Å². The zero-order valence-corrected chi connectivity index (χ0v) is 12.7. The molecule has 1 unspecified atom stereocenters. The molecule has 0 fully saturated rings. The molecular formula is C13H21F3N4O. The van der Waals surface area contributed by atoms with Crippen molar-refractivity contribution in [3.8, 4) is 0 Å². The second kappa shape index (κ2) is 7.44. The third-order valence-electron chi connectivity index (χ3n) is 2.97. The molecule has 1 aromatic heterocycles. The number of anilines is 2. The predicted molar refractivity (Wildman–Crippen MR) is 75.6 cm³/mol. The first kappa shape index (κ1) is 17.5. The van der Waals surface area contributed by atoms with Crippen LogP contribution in [0, 0.1) is 0 Å². The van der Waals surface area contributed by atoms with Gasteiger partial charge in [0.25, 0.3) is 0 Å². The molecule has 5 nitrogen and oxygen atoms in total. The van der Waals surface area contributed by atoms with Crippen LogP contribution < -0.4 is 10.2 Å². The Morgan fingerprint density at radius 3 is 2.57 bits per heavy atom. The van der Waals surface area contributed by atoms with Gasteiger partial charge in [-0.1, -0.05) is 6.92 Å². The van der Waals surface area contributed by atoms with Crippen molar-refractivity contribution in [3.05, 3.63) is 11.8 Å². The number of alkyl halides is 3. The SMILES string of the molecule is CCCNc1nc(N(C)C(C)COC)cc(C(F)(F)F)n1. The third-order valence-corrected chi connectivity index (χ3v) is 2.97. The molecule has 21 heavy (non-hydrogen) atoms.